The van der Waals surface area contributed by atoms with Gasteiger partial charge >= 0.3 is 58.4 Å². The van der Waals surface area contributed by atoms with Gasteiger partial charge in [0.15, 0.2) is 0 Å². The molecule has 0 aliphatic carbocycles. The van der Waals surface area contributed by atoms with E-state index in [1.807, 2.05) is 0 Å². The molecule has 0 N–H and O–H groups in total. The van der Waals surface area contributed by atoms with Gasteiger partial charge in [0, 0.05) is 19.7 Å². The summed E-state index contributed by atoms with van der Waals surface area (Å²) in [5.41, 5.74) is -0.436. The van der Waals surface area contributed by atoms with Crippen molar-refractivity contribution in [3.8, 4) is 0 Å². The van der Waals surface area contributed by atoms with Gasteiger partial charge in [0.1, 0.15) is 0 Å². The van der Waals surface area contributed by atoms with Gasteiger partial charge in [-0.1, -0.05) is 24.3 Å². The van der Waals surface area contributed by atoms with Crippen LogP contribution in [0.1, 0.15) is 10.4 Å². The molecule has 0 fully saturated rings. The largest absolute Gasteiger partial charge is 1.00 e. The van der Waals surface area contributed by atoms with E-state index in [4.69, 9.17) is 0 Å². The summed E-state index contributed by atoms with van der Waals surface area (Å²) < 4.78 is 36.7. The van der Waals surface area contributed by atoms with Gasteiger partial charge in [0.2, 0.25) is 0 Å². The van der Waals surface area contributed by atoms with Gasteiger partial charge in [0.25, 0.3) is 5.91 Å². The Hall–Kier alpha value is 0.181. The Labute approximate surface area is 135 Å². The summed E-state index contributed by atoms with van der Waals surface area (Å²) in [7, 11) is 3.09. The van der Waals surface area contributed by atoms with Crippen molar-refractivity contribution in [1.29, 1.82) is 0 Å². The molecule has 2 nitrogen and oxygen atoms in total. The molecule has 0 aliphatic rings. The van der Waals surface area contributed by atoms with E-state index in [0.717, 1.165) is 12.1 Å². The second kappa shape index (κ2) is 6.21. The fourth-order valence-electron chi connectivity index (χ4n) is 1.10. The molecule has 0 spiro atoms. The zero-order chi connectivity index (χ0) is 11.6. The number of benzene rings is 1. The first kappa shape index (κ1) is 16.2. The molecular formula is C9H10BF3KNO. The molecule has 82 valence electrons. The Bertz CT molecular complexity index is 364. The van der Waals surface area contributed by atoms with Crippen molar-refractivity contribution in [2.75, 3.05) is 14.1 Å². The number of rotatable bonds is 2. The monoisotopic (exact) mass is 255 g/mol. The second-order valence-corrected chi connectivity index (χ2v) is 3.40. The van der Waals surface area contributed by atoms with Gasteiger partial charge in [-0.2, -0.15) is 0 Å². The summed E-state index contributed by atoms with van der Waals surface area (Å²) in [4.78, 5) is 12.7. The molecule has 0 heterocycles. The first-order valence-electron chi connectivity index (χ1n) is 4.34. The normalized spacial score (nSPS) is 10.6. The standard InChI is InChI=1S/C9H10BF3NO.K/c1-14(2)9(15)7-3-5-8(6-4-7)10(11,12)13;/h3-6H,1-2H3;/q-1;+1. The SMILES string of the molecule is CN(C)C(=O)c1ccc([B-](F)(F)F)cc1.[K+]. The van der Waals surface area contributed by atoms with Gasteiger partial charge in [0.05, 0.1) is 0 Å². The van der Waals surface area contributed by atoms with Crippen LogP contribution in [-0.2, 0) is 0 Å². The van der Waals surface area contributed by atoms with E-state index in [9.17, 15) is 17.7 Å². The molecule has 1 amide bonds. The second-order valence-electron chi connectivity index (χ2n) is 3.40. The van der Waals surface area contributed by atoms with Crippen LogP contribution in [0.4, 0.5) is 12.9 Å². The first-order chi connectivity index (χ1) is 6.82. The van der Waals surface area contributed by atoms with Gasteiger partial charge in [-0.3, -0.25) is 4.79 Å². The Kier molecular flexibility index (Phi) is 6.28. The maximum Gasteiger partial charge on any atom is 1.00 e. The summed E-state index contributed by atoms with van der Waals surface area (Å²) in [6.07, 6.45) is 0. The molecule has 16 heavy (non-hydrogen) atoms. The number of hydrogen-bond donors (Lipinski definition) is 0. The first-order valence-corrected chi connectivity index (χ1v) is 4.34. The molecule has 0 aliphatic heterocycles. The molecule has 0 saturated carbocycles. The summed E-state index contributed by atoms with van der Waals surface area (Å²) in [5, 5.41) is 0. The van der Waals surface area contributed by atoms with Crippen molar-refractivity contribution in [2.24, 2.45) is 0 Å². The Morgan fingerprint density at radius 3 is 1.88 bits per heavy atom. The zero-order valence-corrected chi connectivity index (χ0v) is 12.5. The maximum atomic E-state index is 12.2. The summed E-state index contributed by atoms with van der Waals surface area (Å²) in [6, 6.07) is 4.23. The molecule has 0 saturated heterocycles. The number of amides is 1. The average Bonchev–Trinajstić information content (AvgIpc) is 2.15. The van der Waals surface area contributed by atoms with Crippen LogP contribution in [0.25, 0.3) is 0 Å². The van der Waals surface area contributed by atoms with Crippen LogP contribution in [0.3, 0.4) is 0 Å². The van der Waals surface area contributed by atoms with E-state index in [1.54, 1.807) is 14.1 Å². The van der Waals surface area contributed by atoms with Crippen molar-refractivity contribution >= 4 is 18.3 Å². The van der Waals surface area contributed by atoms with E-state index in [2.05, 4.69) is 0 Å². The third kappa shape index (κ3) is 4.21. The van der Waals surface area contributed by atoms with Crippen molar-refractivity contribution in [3.05, 3.63) is 29.8 Å². The van der Waals surface area contributed by atoms with Gasteiger partial charge in [-0.05, 0) is 0 Å². The molecule has 0 bridgehead atoms. The van der Waals surface area contributed by atoms with Crippen molar-refractivity contribution in [1.82, 2.24) is 4.90 Å². The molecule has 1 aromatic carbocycles. The molecule has 1 rings (SSSR count). The van der Waals surface area contributed by atoms with Crippen molar-refractivity contribution in [2.45, 2.75) is 0 Å². The minimum absolute atomic E-state index is 0. The summed E-state index contributed by atoms with van der Waals surface area (Å²) in [6.45, 7) is -4.98. The fourth-order valence-corrected chi connectivity index (χ4v) is 1.10. The third-order valence-corrected chi connectivity index (χ3v) is 1.94. The topological polar surface area (TPSA) is 20.3 Å². The summed E-state index contributed by atoms with van der Waals surface area (Å²) in [5.74, 6) is -0.309. The van der Waals surface area contributed by atoms with E-state index in [1.165, 1.54) is 17.0 Å². The van der Waals surface area contributed by atoms with E-state index in [0.29, 0.717) is 0 Å². The minimum atomic E-state index is -4.98. The van der Waals surface area contributed by atoms with Crippen LogP contribution in [0, 0.1) is 0 Å². The molecule has 7 heteroatoms. The Morgan fingerprint density at radius 2 is 1.56 bits per heavy atom. The van der Waals surface area contributed by atoms with E-state index < -0.39 is 12.4 Å². The number of halogens is 3. The van der Waals surface area contributed by atoms with Crippen molar-refractivity contribution in [3.63, 3.8) is 0 Å². The van der Waals surface area contributed by atoms with Crippen LogP contribution in [0.15, 0.2) is 24.3 Å². The van der Waals surface area contributed by atoms with E-state index >= 15 is 0 Å². The Morgan fingerprint density at radius 1 is 1.12 bits per heavy atom. The summed E-state index contributed by atoms with van der Waals surface area (Å²) >= 11 is 0. The Balaban J connectivity index is 0.00000225. The van der Waals surface area contributed by atoms with Crippen LogP contribution in [0.5, 0.6) is 0 Å². The number of carbonyl (C=O) groups excluding carboxylic acids is 1. The smallest absolute Gasteiger partial charge is 0.445 e. The molecule has 1 aromatic rings. The van der Waals surface area contributed by atoms with Crippen LogP contribution in [0.2, 0.25) is 0 Å². The molecule has 0 radical (unpaired) electrons. The van der Waals surface area contributed by atoms with Crippen molar-refractivity contribution < 1.29 is 69.1 Å². The van der Waals surface area contributed by atoms with Gasteiger partial charge in [-0.15, -0.1) is 5.46 Å². The van der Waals surface area contributed by atoms with Crippen LogP contribution >= 0.6 is 0 Å². The maximum absolute atomic E-state index is 12.2. The average molecular weight is 255 g/mol. The quantitative estimate of drug-likeness (QED) is 0.586. The van der Waals surface area contributed by atoms with Crippen LogP contribution in [-0.4, -0.2) is 31.9 Å². The van der Waals surface area contributed by atoms with Crippen LogP contribution < -0.4 is 56.8 Å². The molecule has 0 aromatic heterocycles. The third-order valence-electron chi connectivity index (χ3n) is 1.94. The predicted molar refractivity (Wildman–Crippen MR) is 53.2 cm³/mol. The zero-order valence-electron chi connectivity index (χ0n) is 9.38. The number of carbonyl (C=O) groups is 1. The molecular weight excluding hydrogens is 245 g/mol. The molecule has 0 atom stereocenters. The molecule has 0 unspecified atom stereocenters. The minimum Gasteiger partial charge on any atom is -0.445 e. The van der Waals surface area contributed by atoms with Gasteiger partial charge < -0.3 is 17.8 Å². The predicted octanol–water partition coefficient (Wildman–Crippen LogP) is -1.55. The van der Waals surface area contributed by atoms with E-state index in [-0.39, 0.29) is 62.9 Å². The number of hydrogen-bond acceptors (Lipinski definition) is 1. The fraction of sp³-hybridized carbons (Fsp3) is 0.222. The number of nitrogens with zero attached hydrogens (tertiary/aromatic N) is 1. The van der Waals surface area contributed by atoms with Gasteiger partial charge in [-0.25, -0.2) is 0 Å².